The molecule has 1 N–H and O–H groups in total. The van der Waals surface area contributed by atoms with Crippen LogP contribution in [0, 0.1) is 5.92 Å². The number of rotatable bonds is 4. The van der Waals surface area contributed by atoms with Gasteiger partial charge in [-0.3, -0.25) is 4.79 Å². The van der Waals surface area contributed by atoms with Crippen molar-refractivity contribution in [1.82, 2.24) is 0 Å². The molecule has 1 unspecified atom stereocenters. The standard InChI is InChI=1S/C11H14O2/c1-2-10(11(12)13)8-9-6-4-3-5-7-9/h3-7,10H,2,8H2,1H3,(H,12,13). The molecule has 1 rings (SSSR count). The third kappa shape index (κ3) is 2.90. The molecule has 0 amide bonds. The van der Waals surface area contributed by atoms with Crippen molar-refractivity contribution in [3.05, 3.63) is 35.9 Å². The zero-order valence-corrected chi connectivity index (χ0v) is 7.73. The topological polar surface area (TPSA) is 37.3 Å². The van der Waals surface area contributed by atoms with Gasteiger partial charge >= 0.3 is 5.97 Å². The number of hydrogen-bond donors (Lipinski definition) is 1. The molecule has 1 aromatic rings. The van der Waals surface area contributed by atoms with E-state index in [9.17, 15) is 4.79 Å². The van der Waals surface area contributed by atoms with Gasteiger partial charge in [-0.2, -0.15) is 0 Å². The van der Waals surface area contributed by atoms with Crippen LogP contribution in [-0.2, 0) is 11.2 Å². The highest BCUT2D eigenvalue weighted by Gasteiger charge is 2.14. The molecule has 0 fully saturated rings. The molecule has 0 aliphatic rings. The van der Waals surface area contributed by atoms with Gasteiger partial charge in [-0.1, -0.05) is 37.3 Å². The van der Waals surface area contributed by atoms with Crippen LogP contribution in [0.2, 0.25) is 0 Å². The van der Waals surface area contributed by atoms with E-state index in [0.29, 0.717) is 12.8 Å². The van der Waals surface area contributed by atoms with E-state index >= 15 is 0 Å². The average molecular weight is 178 g/mol. The van der Waals surface area contributed by atoms with Crippen LogP contribution in [0.1, 0.15) is 18.9 Å². The van der Waals surface area contributed by atoms with E-state index in [-0.39, 0.29) is 5.92 Å². The Bertz CT molecular complexity index is 267. The van der Waals surface area contributed by atoms with Crippen molar-refractivity contribution in [3.63, 3.8) is 0 Å². The van der Waals surface area contributed by atoms with Gasteiger partial charge in [-0.05, 0) is 18.4 Å². The maximum Gasteiger partial charge on any atom is 0.306 e. The minimum absolute atomic E-state index is 0.248. The van der Waals surface area contributed by atoms with Crippen LogP contribution in [0.15, 0.2) is 30.3 Å². The van der Waals surface area contributed by atoms with E-state index in [1.807, 2.05) is 37.3 Å². The molecule has 2 heteroatoms. The minimum Gasteiger partial charge on any atom is -0.481 e. The number of aliphatic carboxylic acids is 1. The molecular weight excluding hydrogens is 164 g/mol. The quantitative estimate of drug-likeness (QED) is 0.768. The molecule has 0 radical (unpaired) electrons. The number of benzene rings is 1. The lowest BCUT2D eigenvalue weighted by atomic mass is 9.97. The maximum atomic E-state index is 10.7. The first-order valence-electron chi connectivity index (χ1n) is 4.50. The van der Waals surface area contributed by atoms with Crippen LogP contribution in [0.4, 0.5) is 0 Å². The highest BCUT2D eigenvalue weighted by Crippen LogP contribution is 2.11. The van der Waals surface area contributed by atoms with E-state index in [1.165, 1.54) is 0 Å². The first kappa shape index (κ1) is 9.78. The highest BCUT2D eigenvalue weighted by atomic mass is 16.4. The van der Waals surface area contributed by atoms with Crippen LogP contribution < -0.4 is 0 Å². The molecule has 1 aromatic carbocycles. The summed E-state index contributed by atoms with van der Waals surface area (Å²) in [6.07, 6.45) is 1.32. The van der Waals surface area contributed by atoms with E-state index < -0.39 is 5.97 Å². The number of carboxylic acid groups (broad SMARTS) is 1. The normalized spacial score (nSPS) is 12.4. The van der Waals surface area contributed by atoms with E-state index in [0.717, 1.165) is 5.56 Å². The monoisotopic (exact) mass is 178 g/mol. The largest absolute Gasteiger partial charge is 0.481 e. The molecule has 0 aromatic heterocycles. The second-order valence-corrected chi connectivity index (χ2v) is 3.13. The Morgan fingerprint density at radius 2 is 2.00 bits per heavy atom. The summed E-state index contributed by atoms with van der Waals surface area (Å²) >= 11 is 0. The first-order valence-corrected chi connectivity index (χ1v) is 4.50. The molecule has 2 nitrogen and oxygen atoms in total. The highest BCUT2D eigenvalue weighted by molar-refractivity contribution is 5.70. The summed E-state index contributed by atoms with van der Waals surface area (Å²) in [5, 5.41) is 8.83. The Morgan fingerprint density at radius 3 is 2.46 bits per heavy atom. The molecule has 1 atom stereocenters. The van der Waals surface area contributed by atoms with Crippen LogP contribution in [-0.4, -0.2) is 11.1 Å². The van der Waals surface area contributed by atoms with Gasteiger partial charge in [0.25, 0.3) is 0 Å². The lowest BCUT2D eigenvalue weighted by Gasteiger charge is -2.08. The Morgan fingerprint density at radius 1 is 1.38 bits per heavy atom. The zero-order valence-electron chi connectivity index (χ0n) is 7.73. The lowest BCUT2D eigenvalue weighted by Crippen LogP contribution is -2.15. The molecule has 13 heavy (non-hydrogen) atoms. The predicted molar refractivity (Wildman–Crippen MR) is 51.6 cm³/mol. The molecule has 0 spiro atoms. The Kier molecular flexibility index (Phi) is 3.50. The van der Waals surface area contributed by atoms with Gasteiger partial charge in [0, 0.05) is 0 Å². The summed E-state index contributed by atoms with van der Waals surface area (Å²) in [4.78, 5) is 10.7. The molecule has 0 saturated heterocycles. The summed E-state index contributed by atoms with van der Waals surface area (Å²) < 4.78 is 0. The summed E-state index contributed by atoms with van der Waals surface area (Å²) in [5.74, 6) is -0.950. The van der Waals surface area contributed by atoms with Crippen molar-refractivity contribution < 1.29 is 9.90 Å². The van der Waals surface area contributed by atoms with E-state index in [1.54, 1.807) is 0 Å². The molecular formula is C11H14O2. The first-order chi connectivity index (χ1) is 6.24. The Balaban J connectivity index is 2.62. The van der Waals surface area contributed by atoms with Crippen molar-refractivity contribution in [2.75, 3.05) is 0 Å². The van der Waals surface area contributed by atoms with Crippen LogP contribution in [0.25, 0.3) is 0 Å². The second kappa shape index (κ2) is 4.65. The summed E-state index contributed by atoms with van der Waals surface area (Å²) in [5.41, 5.74) is 1.09. The Hall–Kier alpha value is -1.31. The Labute approximate surface area is 78.2 Å². The van der Waals surface area contributed by atoms with Crippen molar-refractivity contribution in [3.8, 4) is 0 Å². The minimum atomic E-state index is -0.702. The second-order valence-electron chi connectivity index (χ2n) is 3.13. The smallest absolute Gasteiger partial charge is 0.306 e. The van der Waals surface area contributed by atoms with Gasteiger partial charge in [-0.25, -0.2) is 0 Å². The molecule has 70 valence electrons. The van der Waals surface area contributed by atoms with Crippen molar-refractivity contribution in [2.24, 2.45) is 5.92 Å². The van der Waals surface area contributed by atoms with Gasteiger partial charge in [0.1, 0.15) is 0 Å². The molecule has 0 bridgehead atoms. The SMILES string of the molecule is CCC(Cc1ccccc1)C(=O)O. The maximum absolute atomic E-state index is 10.7. The van der Waals surface area contributed by atoms with Gasteiger partial charge in [-0.15, -0.1) is 0 Å². The molecule has 0 heterocycles. The third-order valence-corrected chi connectivity index (χ3v) is 2.17. The fraction of sp³-hybridized carbons (Fsp3) is 0.364. The van der Waals surface area contributed by atoms with Crippen molar-refractivity contribution in [1.29, 1.82) is 0 Å². The predicted octanol–water partition coefficient (Wildman–Crippen LogP) is 2.34. The van der Waals surface area contributed by atoms with E-state index in [4.69, 9.17) is 5.11 Å². The molecule has 0 aliphatic heterocycles. The number of carboxylic acids is 1. The van der Waals surface area contributed by atoms with Gasteiger partial charge in [0.15, 0.2) is 0 Å². The van der Waals surface area contributed by atoms with E-state index in [2.05, 4.69) is 0 Å². The van der Waals surface area contributed by atoms with Crippen LogP contribution >= 0.6 is 0 Å². The van der Waals surface area contributed by atoms with Gasteiger partial charge < -0.3 is 5.11 Å². The summed E-state index contributed by atoms with van der Waals surface area (Å²) in [7, 11) is 0. The van der Waals surface area contributed by atoms with Crippen molar-refractivity contribution in [2.45, 2.75) is 19.8 Å². The summed E-state index contributed by atoms with van der Waals surface area (Å²) in [6.45, 7) is 1.90. The number of hydrogen-bond acceptors (Lipinski definition) is 1. The summed E-state index contributed by atoms with van der Waals surface area (Å²) in [6, 6.07) is 9.73. The molecule has 0 aliphatic carbocycles. The van der Waals surface area contributed by atoms with Crippen LogP contribution in [0.5, 0.6) is 0 Å². The van der Waals surface area contributed by atoms with Gasteiger partial charge in [0.05, 0.1) is 5.92 Å². The average Bonchev–Trinajstić information content (AvgIpc) is 2.15. The lowest BCUT2D eigenvalue weighted by molar-refractivity contribution is -0.141. The van der Waals surface area contributed by atoms with Crippen LogP contribution in [0.3, 0.4) is 0 Å². The fourth-order valence-electron chi connectivity index (χ4n) is 1.30. The third-order valence-electron chi connectivity index (χ3n) is 2.17. The fourth-order valence-corrected chi connectivity index (χ4v) is 1.30. The molecule has 0 saturated carbocycles. The zero-order chi connectivity index (χ0) is 9.68. The van der Waals surface area contributed by atoms with Crippen molar-refractivity contribution >= 4 is 5.97 Å². The van der Waals surface area contributed by atoms with Gasteiger partial charge in [0.2, 0.25) is 0 Å². The number of carbonyl (C=O) groups is 1.